The van der Waals surface area contributed by atoms with Gasteiger partial charge in [-0.05, 0) is 12.2 Å². The van der Waals surface area contributed by atoms with Gasteiger partial charge in [0.15, 0.2) is 5.11 Å². The molecule has 0 rings (SSSR count). The zero-order valence-electron chi connectivity index (χ0n) is 3.72. The van der Waals surface area contributed by atoms with Gasteiger partial charge in [-0.1, -0.05) is 0 Å². The van der Waals surface area contributed by atoms with E-state index >= 15 is 0 Å². The molecule has 0 spiro atoms. The number of nitrogens with two attached hydrogens (primary N) is 3. The minimum absolute atomic E-state index is 0.120. The summed E-state index contributed by atoms with van der Waals surface area (Å²) in [5.74, 6) is 0. The number of thiocarbonyl (C=S) groups is 1. The van der Waals surface area contributed by atoms with Crippen molar-refractivity contribution in [2.75, 3.05) is 0 Å². The molecule has 0 saturated carbocycles. The molecular formula is C2H8N4S. The minimum atomic E-state index is -0.641. The second-order valence-corrected chi connectivity index (χ2v) is 1.47. The molecule has 0 radical (unpaired) electrons. The molecule has 0 aromatic heterocycles. The van der Waals surface area contributed by atoms with Crippen molar-refractivity contribution >= 4 is 17.3 Å². The Morgan fingerprint density at radius 2 is 2.00 bits per heavy atom. The Morgan fingerprint density at radius 3 is 2.00 bits per heavy atom. The molecule has 0 bridgehead atoms. The third kappa shape index (κ3) is 5.61. The predicted molar refractivity (Wildman–Crippen MR) is 32.1 cm³/mol. The van der Waals surface area contributed by atoms with Gasteiger partial charge in [0.05, 0.1) is 0 Å². The lowest BCUT2D eigenvalue weighted by Gasteiger charge is -2.04. The van der Waals surface area contributed by atoms with E-state index in [1.807, 2.05) is 0 Å². The molecule has 42 valence electrons. The largest absolute Gasteiger partial charge is 0.376 e. The normalized spacial score (nSPS) is 9.00. The molecule has 5 heteroatoms. The van der Waals surface area contributed by atoms with Crippen molar-refractivity contribution < 1.29 is 0 Å². The van der Waals surface area contributed by atoms with Crippen LogP contribution in [0.15, 0.2) is 0 Å². The Hall–Kier alpha value is -0.390. The molecule has 0 aliphatic rings. The Labute approximate surface area is 47.0 Å². The molecule has 0 aliphatic heterocycles. The minimum Gasteiger partial charge on any atom is -0.376 e. The lowest BCUT2D eigenvalue weighted by Crippen LogP contribution is -2.50. The SMILES string of the molecule is NC(=S)NC(N)N. The fourth-order valence-electron chi connectivity index (χ4n) is 0.164. The van der Waals surface area contributed by atoms with E-state index in [1.54, 1.807) is 0 Å². The molecule has 4 nitrogen and oxygen atoms in total. The van der Waals surface area contributed by atoms with Crippen molar-refractivity contribution in [3.8, 4) is 0 Å². The van der Waals surface area contributed by atoms with E-state index < -0.39 is 6.29 Å². The van der Waals surface area contributed by atoms with E-state index in [-0.39, 0.29) is 5.11 Å². The standard InChI is InChI=1S/C2H8N4S/c3-1(4)6-2(5)7/h1H,3-4H2,(H3,5,6,7). The van der Waals surface area contributed by atoms with Gasteiger partial charge in [0.25, 0.3) is 0 Å². The predicted octanol–water partition coefficient (Wildman–Crippen LogP) is -1.98. The Balaban J connectivity index is 3.13. The summed E-state index contributed by atoms with van der Waals surface area (Å²) in [5, 5.41) is 2.49. The van der Waals surface area contributed by atoms with E-state index in [1.165, 1.54) is 0 Å². The van der Waals surface area contributed by atoms with Crippen LogP contribution in [0.2, 0.25) is 0 Å². The van der Waals surface area contributed by atoms with Crippen LogP contribution in [0.25, 0.3) is 0 Å². The fraction of sp³-hybridized carbons (Fsp3) is 0.500. The van der Waals surface area contributed by atoms with Crippen LogP contribution in [0.1, 0.15) is 0 Å². The first-order chi connectivity index (χ1) is 3.13. The highest BCUT2D eigenvalue weighted by Crippen LogP contribution is 1.53. The number of hydrogen-bond acceptors (Lipinski definition) is 3. The summed E-state index contributed by atoms with van der Waals surface area (Å²) in [7, 11) is 0. The molecule has 0 aromatic carbocycles. The maximum absolute atomic E-state index is 4.99. The van der Waals surface area contributed by atoms with Crippen LogP contribution in [0, 0.1) is 0 Å². The molecule has 0 heterocycles. The van der Waals surface area contributed by atoms with Crippen LogP contribution in [-0.4, -0.2) is 11.4 Å². The quantitative estimate of drug-likeness (QED) is 0.238. The molecule has 0 fully saturated rings. The van der Waals surface area contributed by atoms with Gasteiger partial charge in [0.1, 0.15) is 6.29 Å². The lowest BCUT2D eigenvalue weighted by atomic mass is 10.9. The smallest absolute Gasteiger partial charge is 0.165 e. The summed E-state index contributed by atoms with van der Waals surface area (Å²) in [6, 6.07) is 0. The molecular weight excluding hydrogens is 112 g/mol. The van der Waals surface area contributed by atoms with Crippen LogP contribution in [0.5, 0.6) is 0 Å². The summed E-state index contributed by atoms with van der Waals surface area (Å²) < 4.78 is 0. The third-order valence-corrected chi connectivity index (χ3v) is 0.427. The zero-order chi connectivity index (χ0) is 5.86. The number of rotatable bonds is 1. The van der Waals surface area contributed by atoms with Gasteiger partial charge >= 0.3 is 0 Å². The van der Waals surface area contributed by atoms with Gasteiger partial charge in [-0.15, -0.1) is 0 Å². The van der Waals surface area contributed by atoms with Crippen LogP contribution in [-0.2, 0) is 0 Å². The highest BCUT2D eigenvalue weighted by molar-refractivity contribution is 7.80. The van der Waals surface area contributed by atoms with Crippen molar-refractivity contribution in [2.24, 2.45) is 17.2 Å². The lowest BCUT2D eigenvalue weighted by molar-refractivity contribution is 0.667. The van der Waals surface area contributed by atoms with Crippen molar-refractivity contribution in [1.82, 2.24) is 5.32 Å². The number of hydrogen-bond donors (Lipinski definition) is 4. The second-order valence-electron chi connectivity index (χ2n) is 1.03. The van der Waals surface area contributed by atoms with E-state index in [9.17, 15) is 0 Å². The average Bonchev–Trinajstić information content (AvgIpc) is 1.27. The van der Waals surface area contributed by atoms with Crippen LogP contribution >= 0.6 is 12.2 Å². The second kappa shape index (κ2) is 2.73. The molecule has 0 aliphatic carbocycles. The maximum atomic E-state index is 4.99. The van der Waals surface area contributed by atoms with Gasteiger partial charge in [0.2, 0.25) is 0 Å². The van der Waals surface area contributed by atoms with E-state index in [4.69, 9.17) is 17.2 Å². The monoisotopic (exact) mass is 120 g/mol. The van der Waals surface area contributed by atoms with Crippen molar-refractivity contribution in [3.63, 3.8) is 0 Å². The van der Waals surface area contributed by atoms with Crippen LogP contribution in [0.4, 0.5) is 0 Å². The molecule has 7 heavy (non-hydrogen) atoms. The molecule has 0 saturated heterocycles. The van der Waals surface area contributed by atoms with Crippen LogP contribution < -0.4 is 22.5 Å². The summed E-state index contributed by atoms with van der Waals surface area (Å²) >= 11 is 4.38. The number of nitrogens with one attached hydrogen (secondary N) is 1. The molecule has 0 aromatic rings. The van der Waals surface area contributed by atoms with Gasteiger partial charge in [-0.2, -0.15) is 0 Å². The van der Waals surface area contributed by atoms with Crippen molar-refractivity contribution in [2.45, 2.75) is 6.29 Å². The zero-order valence-corrected chi connectivity index (χ0v) is 4.53. The van der Waals surface area contributed by atoms with Gasteiger partial charge in [-0.25, -0.2) is 0 Å². The fourth-order valence-corrected chi connectivity index (χ4v) is 0.300. The summed E-state index contributed by atoms with van der Waals surface area (Å²) in [6.07, 6.45) is -0.641. The average molecular weight is 120 g/mol. The molecule has 0 atom stereocenters. The molecule has 0 unspecified atom stereocenters. The van der Waals surface area contributed by atoms with E-state index in [0.717, 1.165) is 0 Å². The highest BCUT2D eigenvalue weighted by atomic mass is 32.1. The Kier molecular flexibility index (Phi) is 2.58. The molecule has 0 amide bonds. The third-order valence-electron chi connectivity index (χ3n) is 0.309. The van der Waals surface area contributed by atoms with Crippen molar-refractivity contribution in [1.29, 1.82) is 0 Å². The Bertz CT molecular complexity index is 70.1. The van der Waals surface area contributed by atoms with Gasteiger partial charge in [-0.3, -0.25) is 11.5 Å². The topological polar surface area (TPSA) is 90.1 Å². The maximum Gasteiger partial charge on any atom is 0.165 e. The van der Waals surface area contributed by atoms with Gasteiger partial charge in [0, 0.05) is 0 Å². The summed E-state index contributed by atoms with van der Waals surface area (Å²) in [6.45, 7) is 0. The van der Waals surface area contributed by atoms with E-state index in [2.05, 4.69) is 17.5 Å². The highest BCUT2D eigenvalue weighted by Gasteiger charge is 1.88. The Morgan fingerprint density at radius 1 is 1.57 bits per heavy atom. The van der Waals surface area contributed by atoms with E-state index in [0.29, 0.717) is 0 Å². The summed E-state index contributed by atoms with van der Waals surface area (Å²) in [5.41, 5.74) is 14.9. The van der Waals surface area contributed by atoms with Gasteiger partial charge < -0.3 is 11.1 Å². The molecule has 7 N–H and O–H groups in total. The first-order valence-electron chi connectivity index (χ1n) is 1.70. The van der Waals surface area contributed by atoms with Crippen LogP contribution in [0.3, 0.4) is 0 Å². The summed E-state index contributed by atoms with van der Waals surface area (Å²) in [4.78, 5) is 0. The first-order valence-corrected chi connectivity index (χ1v) is 2.11. The first kappa shape index (κ1) is 6.61. The van der Waals surface area contributed by atoms with Crippen molar-refractivity contribution in [3.05, 3.63) is 0 Å².